The zero-order valence-electron chi connectivity index (χ0n) is 8.36. The first kappa shape index (κ1) is 10.9. The Labute approximate surface area is 74.5 Å². The zero-order valence-corrected chi connectivity index (χ0v) is 8.36. The summed E-state index contributed by atoms with van der Waals surface area (Å²) in [5.41, 5.74) is 0. The fourth-order valence-corrected chi connectivity index (χ4v) is 0.591. The fraction of sp³-hybridized carbons (Fsp3) is 0.750. The van der Waals surface area contributed by atoms with Crippen molar-refractivity contribution in [2.45, 2.75) is 12.8 Å². The molecule has 0 rings (SSSR count). The second-order valence-corrected chi connectivity index (χ2v) is 2.87. The number of nitrogens with zero attached hydrogens (tertiary/aromatic N) is 4. The molecule has 0 heterocycles. The van der Waals surface area contributed by atoms with Crippen molar-refractivity contribution in [1.82, 2.24) is 10.0 Å². The van der Waals surface area contributed by atoms with E-state index in [0.29, 0.717) is 0 Å². The summed E-state index contributed by atoms with van der Waals surface area (Å²) in [6.07, 6.45) is 5.66. The van der Waals surface area contributed by atoms with Gasteiger partial charge in [0.1, 0.15) is 0 Å². The highest BCUT2D eigenvalue weighted by Gasteiger charge is 1.80. The van der Waals surface area contributed by atoms with Gasteiger partial charge in [0.05, 0.1) is 0 Å². The van der Waals surface area contributed by atoms with E-state index in [0.717, 1.165) is 12.8 Å². The Balaban J connectivity index is 3.32. The van der Waals surface area contributed by atoms with Crippen molar-refractivity contribution in [3.05, 3.63) is 0 Å². The molecular formula is C8H18N4. The Morgan fingerprint density at radius 2 is 1.17 bits per heavy atom. The monoisotopic (exact) mass is 170 g/mol. The molecule has 0 N–H and O–H groups in total. The van der Waals surface area contributed by atoms with E-state index in [1.54, 1.807) is 10.0 Å². The summed E-state index contributed by atoms with van der Waals surface area (Å²) in [6.45, 7) is 0. The summed E-state index contributed by atoms with van der Waals surface area (Å²) in [7, 11) is 7.63. The number of unbranched alkanes of at least 4 members (excludes halogenated alkanes) is 1. The lowest BCUT2D eigenvalue weighted by Crippen LogP contribution is -2.02. The van der Waals surface area contributed by atoms with Crippen molar-refractivity contribution >= 4 is 12.4 Å². The average molecular weight is 170 g/mol. The number of rotatable bonds is 5. The third-order valence-corrected chi connectivity index (χ3v) is 1.05. The van der Waals surface area contributed by atoms with Crippen LogP contribution >= 0.6 is 0 Å². The SMILES string of the molecule is CN(C)/N=C/CC/C=N/N(C)C. The number of hydrazone groups is 2. The van der Waals surface area contributed by atoms with Crippen LogP contribution in [-0.4, -0.2) is 50.6 Å². The molecule has 0 aliphatic rings. The van der Waals surface area contributed by atoms with Gasteiger partial charge in [-0.05, 0) is 12.8 Å². The third kappa shape index (κ3) is 8.94. The molecule has 0 aromatic carbocycles. The van der Waals surface area contributed by atoms with Crippen LogP contribution < -0.4 is 0 Å². The molecule has 0 aromatic heterocycles. The van der Waals surface area contributed by atoms with Crippen molar-refractivity contribution in [1.29, 1.82) is 0 Å². The summed E-state index contributed by atoms with van der Waals surface area (Å²) in [6, 6.07) is 0. The van der Waals surface area contributed by atoms with Crippen LogP contribution in [0.1, 0.15) is 12.8 Å². The normalized spacial score (nSPS) is 11.3. The molecule has 0 unspecified atom stereocenters. The van der Waals surface area contributed by atoms with Gasteiger partial charge in [0.15, 0.2) is 0 Å². The Morgan fingerprint density at radius 1 is 0.833 bits per heavy atom. The minimum absolute atomic E-state index is 0.940. The fourth-order valence-electron chi connectivity index (χ4n) is 0.591. The van der Waals surface area contributed by atoms with Crippen molar-refractivity contribution in [3.8, 4) is 0 Å². The predicted molar refractivity (Wildman–Crippen MR) is 53.6 cm³/mol. The van der Waals surface area contributed by atoms with E-state index < -0.39 is 0 Å². The highest BCUT2D eigenvalue weighted by Crippen LogP contribution is 1.83. The van der Waals surface area contributed by atoms with Gasteiger partial charge in [0.2, 0.25) is 0 Å². The van der Waals surface area contributed by atoms with E-state index in [1.807, 2.05) is 40.6 Å². The molecule has 4 heteroatoms. The third-order valence-electron chi connectivity index (χ3n) is 1.05. The van der Waals surface area contributed by atoms with Gasteiger partial charge in [-0.2, -0.15) is 10.2 Å². The molecule has 0 radical (unpaired) electrons. The highest BCUT2D eigenvalue weighted by atomic mass is 15.4. The van der Waals surface area contributed by atoms with Gasteiger partial charge < -0.3 is 10.0 Å². The Morgan fingerprint density at radius 3 is 1.42 bits per heavy atom. The van der Waals surface area contributed by atoms with E-state index >= 15 is 0 Å². The van der Waals surface area contributed by atoms with Crippen LogP contribution in [0.3, 0.4) is 0 Å². The van der Waals surface area contributed by atoms with Gasteiger partial charge in [-0.3, -0.25) is 0 Å². The first-order valence-corrected chi connectivity index (χ1v) is 4.02. The lowest BCUT2D eigenvalue weighted by molar-refractivity contribution is 0.437. The molecule has 70 valence electrons. The van der Waals surface area contributed by atoms with Crippen molar-refractivity contribution in [3.63, 3.8) is 0 Å². The minimum atomic E-state index is 0.940. The Kier molecular flexibility index (Phi) is 6.05. The maximum absolute atomic E-state index is 4.07. The molecule has 0 spiro atoms. The minimum Gasteiger partial charge on any atom is -0.303 e. The van der Waals surface area contributed by atoms with E-state index in [1.165, 1.54) is 0 Å². The number of hydrogen-bond acceptors (Lipinski definition) is 4. The molecule has 0 atom stereocenters. The largest absolute Gasteiger partial charge is 0.303 e. The molecule has 0 aliphatic carbocycles. The molecule has 0 saturated carbocycles. The summed E-state index contributed by atoms with van der Waals surface area (Å²) in [5.74, 6) is 0. The second-order valence-electron chi connectivity index (χ2n) is 2.87. The Hall–Kier alpha value is -1.06. The van der Waals surface area contributed by atoms with Crippen LogP contribution in [0.25, 0.3) is 0 Å². The van der Waals surface area contributed by atoms with Crippen molar-refractivity contribution in [2.75, 3.05) is 28.2 Å². The molecule has 12 heavy (non-hydrogen) atoms. The maximum Gasteiger partial charge on any atom is 0.0248 e. The molecule has 0 bridgehead atoms. The van der Waals surface area contributed by atoms with Crippen LogP contribution in [0.5, 0.6) is 0 Å². The molecule has 0 aliphatic heterocycles. The Bertz CT molecular complexity index is 131. The summed E-state index contributed by atoms with van der Waals surface area (Å²) in [5, 5.41) is 11.7. The topological polar surface area (TPSA) is 31.2 Å². The summed E-state index contributed by atoms with van der Waals surface area (Å²) in [4.78, 5) is 0. The summed E-state index contributed by atoms with van der Waals surface area (Å²) >= 11 is 0. The van der Waals surface area contributed by atoms with Crippen LogP contribution in [0.4, 0.5) is 0 Å². The van der Waals surface area contributed by atoms with Gasteiger partial charge in [-0.25, -0.2) is 0 Å². The van der Waals surface area contributed by atoms with E-state index in [9.17, 15) is 0 Å². The van der Waals surface area contributed by atoms with E-state index in [2.05, 4.69) is 10.2 Å². The average Bonchev–Trinajstić information content (AvgIpc) is 1.95. The smallest absolute Gasteiger partial charge is 0.0248 e. The summed E-state index contributed by atoms with van der Waals surface area (Å²) < 4.78 is 0. The van der Waals surface area contributed by atoms with Gasteiger partial charge in [-0.15, -0.1) is 0 Å². The van der Waals surface area contributed by atoms with Gasteiger partial charge in [0.25, 0.3) is 0 Å². The lowest BCUT2D eigenvalue weighted by Gasteiger charge is -2.02. The van der Waals surface area contributed by atoms with Crippen LogP contribution in [-0.2, 0) is 0 Å². The zero-order chi connectivity index (χ0) is 9.40. The van der Waals surface area contributed by atoms with Crippen molar-refractivity contribution < 1.29 is 0 Å². The molecule has 4 nitrogen and oxygen atoms in total. The predicted octanol–water partition coefficient (Wildman–Crippen LogP) is 0.861. The maximum atomic E-state index is 4.07. The molecule has 0 fully saturated rings. The molecular weight excluding hydrogens is 152 g/mol. The van der Waals surface area contributed by atoms with Gasteiger partial charge >= 0.3 is 0 Å². The number of hydrogen-bond donors (Lipinski definition) is 0. The first-order valence-electron chi connectivity index (χ1n) is 4.02. The van der Waals surface area contributed by atoms with Crippen LogP contribution in [0.2, 0.25) is 0 Å². The van der Waals surface area contributed by atoms with Crippen LogP contribution in [0.15, 0.2) is 10.2 Å². The van der Waals surface area contributed by atoms with Gasteiger partial charge in [-0.1, -0.05) is 0 Å². The first-order chi connectivity index (χ1) is 5.63. The molecule has 0 amide bonds. The van der Waals surface area contributed by atoms with Crippen LogP contribution in [0, 0.1) is 0 Å². The molecule has 0 saturated heterocycles. The van der Waals surface area contributed by atoms with Gasteiger partial charge in [0, 0.05) is 40.6 Å². The quantitative estimate of drug-likeness (QED) is 0.348. The highest BCUT2D eigenvalue weighted by molar-refractivity contribution is 5.65. The second kappa shape index (κ2) is 6.64. The lowest BCUT2D eigenvalue weighted by atomic mass is 10.3. The standard InChI is InChI=1S/C8H18N4/c1-11(2)9-7-5-6-8-10-12(3)4/h7-8H,5-6H2,1-4H3/b9-7+,10-8+. The molecule has 0 aromatic rings. The van der Waals surface area contributed by atoms with Crippen molar-refractivity contribution in [2.24, 2.45) is 10.2 Å². The van der Waals surface area contributed by atoms with E-state index in [4.69, 9.17) is 0 Å². The van der Waals surface area contributed by atoms with E-state index in [-0.39, 0.29) is 0 Å².